The lowest BCUT2D eigenvalue weighted by molar-refractivity contribution is 0.0730. The number of aryl methyl sites for hydroxylation is 1. The lowest BCUT2D eigenvalue weighted by Gasteiger charge is -2.26. The van der Waals surface area contributed by atoms with Crippen molar-refractivity contribution < 1.29 is 21.6 Å². The van der Waals surface area contributed by atoms with Crippen molar-refractivity contribution in [2.24, 2.45) is 5.14 Å². The van der Waals surface area contributed by atoms with E-state index in [-0.39, 0.29) is 9.79 Å². The van der Waals surface area contributed by atoms with E-state index in [1.165, 1.54) is 16.4 Å². The Labute approximate surface area is 215 Å². The third-order valence-electron chi connectivity index (χ3n) is 6.18. The summed E-state index contributed by atoms with van der Waals surface area (Å²) in [6, 6.07) is 18.8. The van der Waals surface area contributed by atoms with Crippen molar-refractivity contribution in [1.82, 2.24) is 14.5 Å². The highest BCUT2D eigenvalue weighted by Crippen LogP contribution is 2.33. The fraction of sp³-hybridized carbons (Fsp3) is 0.200. The van der Waals surface area contributed by atoms with Gasteiger partial charge in [-0.15, -0.1) is 10.2 Å². The van der Waals surface area contributed by atoms with Crippen molar-refractivity contribution >= 4 is 42.3 Å². The van der Waals surface area contributed by atoms with Gasteiger partial charge in [0.1, 0.15) is 5.69 Å². The van der Waals surface area contributed by atoms with Crippen LogP contribution in [0, 0.1) is 6.92 Å². The topological polar surface area (TPSA) is 145 Å². The van der Waals surface area contributed by atoms with E-state index < -0.39 is 20.0 Å². The minimum absolute atomic E-state index is 0.00606. The Hall–Kier alpha value is -3.42. The second-order valence-corrected chi connectivity index (χ2v) is 12.1. The molecule has 0 atom stereocenters. The molecule has 37 heavy (non-hydrogen) atoms. The number of nitrogens with zero attached hydrogens (tertiary/aromatic N) is 3. The second-order valence-electron chi connectivity index (χ2n) is 8.63. The average molecular weight is 540 g/mol. The van der Waals surface area contributed by atoms with Gasteiger partial charge in [-0.25, -0.2) is 22.0 Å². The Morgan fingerprint density at radius 1 is 0.892 bits per heavy atom. The molecule has 1 aliphatic rings. The summed E-state index contributed by atoms with van der Waals surface area (Å²) in [6.07, 6.45) is 0. The van der Waals surface area contributed by atoms with Gasteiger partial charge in [-0.3, -0.25) is 0 Å². The third-order valence-corrected chi connectivity index (χ3v) is 9.15. The Bertz CT molecular complexity index is 1680. The smallest absolute Gasteiger partial charge is 0.243 e. The van der Waals surface area contributed by atoms with Crippen molar-refractivity contribution in [3.63, 3.8) is 0 Å². The van der Waals surface area contributed by atoms with Gasteiger partial charge in [-0.2, -0.15) is 4.31 Å². The molecular weight excluding hydrogens is 514 g/mol. The zero-order valence-corrected chi connectivity index (χ0v) is 21.6. The molecule has 0 saturated carbocycles. The fourth-order valence-corrected chi connectivity index (χ4v) is 6.40. The summed E-state index contributed by atoms with van der Waals surface area (Å²) in [5.74, 6) is 0.468. The zero-order valence-electron chi connectivity index (χ0n) is 20.0. The number of rotatable bonds is 6. The average Bonchev–Trinajstić information content (AvgIpc) is 2.89. The van der Waals surface area contributed by atoms with E-state index in [1.54, 1.807) is 31.2 Å². The molecule has 3 aromatic carbocycles. The van der Waals surface area contributed by atoms with E-state index in [9.17, 15) is 16.8 Å². The minimum atomic E-state index is -3.80. The fourth-order valence-electron chi connectivity index (χ4n) is 4.23. The van der Waals surface area contributed by atoms with Crippen LogP contribution in [0.2, 0.25) is 0 Å². The van der Waals surface area contributed by atoms with E-state index >= 15 is 0 Å². The molecule has 1 saturated heterocycles. The van der Waals surface area contributed by atoms with Crippen molar-refractivity contribution in [3.8, 4) is 11.3 Å². The summed E-state index contributed by atoms with van der Waals surface area (Å²) < 4.78 is 56.6. The first kappa shape index (κ1) is 25.2. The standard InChI is InChI=1S/C25H25N5O5S2/c1-17-6-7-18(16-23(17)37(33,34)30-12-14-35-15-13-30)24-21-4-2-3-5-22(21)25(29-28-24)27-19-8-10-20(11-9-19)36(26,31)32/h2-11,16H,12-15H2,1H3,(H,27,29)(H2,26,31,32). The molecule has 1 aromatic heterocycles. The number of hydrogen-bond donors (Lipinski definition) is 2. The molecule has 10 nitrogen and oxygen atoms in total. The molecule has 0 amide bonds. The largest absolute Gasteiger partial charge is 0.379 e. The highest BCUT2D eigenvalue weighted by Gasteiger charge is 2.28. The number of fused-ring (bicyclic) bond motifs is 1. The number of ether oxygens (including phenoxy) is 1. The van der Waals surface area contributed by atoms with E-state index in [0.29, 0.717) is 54.6 Å². The van der Waals surface area contributed by atoms with Crippen LogP contribution in [0.25, 0.3) is 22.0 Å². The van der Waals surface area contributed by atoms with E-state index in [1.807, 2.05) is 30.3 Å². The predicted molar refractivity (Wildman–Crippen MR) is 140 cm³/mol. The first-order valence-corrected chi connectivity index (χ1v) is 14.5. The number of sulfonamides is 2. The van der Waals surface area contributed by atoms with Crippen LogP contribution in [0.4, 0.5) is 11.5 Å². The molecule has 192 valence electrons. The van der Waals surface area contributed by atoms with Gasteiger partial charge in [0, 0.05) is 35.1 Å². The minimum Gasteiger partial charge on any atom is -0.379 e. The number of nitrogens with one attached hydrogen (secondary N) is 1. The summed E-state index contributed by atoms with van der Waals surface area (Å²) in [4.78, 5) is 0.237. The molecule has 2 heterocycles. The second kappa shape index (κ2) is 9.80. The van der Waals surface area contributed by atoms with Gasteiger partial charge in [-0.1, -0.05) is 36.4 Å². The summed E-state index contributed by atoms with van der Waals surface area (Å²) in [5.41, 5.74) is 2.43. The molecule has 1 aliphatic heterocycles. The molecule has 0 spiro atoms. The van der Waals surface area contributed by atoms with E-state index in [4.69, 9.17) is 9.88 Å². The maximum absolute atomic E-state index is 13.4. The van der Waals surface area contributed by atoms with Crippen molar-refractivity contribution in [3.05, 3.63) is 72.3 Å². The lowest BCUT2D eigenvalue weighted by Crippen LogP contribution is -2.40. The molecule has 0 unspecified atom stereocenters. The Kier molecular flexibility index (Phi) is 6.68. The molecule has 12 heteroatoms. The maximum atomic E-state index is 13.4. The molecule has 4 aromatic rings. The first-order valence-electron chi connectivity index (χ1n) is 11.5. The van der Waals surface area contributed by atoms with Gasteiger partial charge in [0.2, 0.25) is 20.0 Å². The lowest BCUT2D eigenvalue weighted by atomic mass is 10.0. The van der Waals surface area contributed by atoms with Crippen LogP contribution in [0.5, 0.6) is 0 Å². The van der Waals surface area contributed by atoms with Gasteiger partial charge in [0.05, 0.1) is 23.0 Å². The number of anilines is 2. The summed E-state index contributed by atoms with van der Waals surface area (Å²) in [5, 5.41) is 18.7. The van der Waals surface area contributed by atoms with Crippen molar-refractivity contribution in [1.29, 1.82) is 0 Å². The van der Waals surface area contributed by atoms with Crippen LogP contribution < -0.4 is 10.5 Å². The Morgan fingerprint density at radius 2 is 1.57 bits per heavy atom. The van der Waals surface area contributed by atoms with Gasteiger partial charge >= 0.3 is 0 Å². The van der Waals surface area contributed by atoms with Gasteiger partial charge in [-0.05, 0) is 42.8 Å². The molecule has 0 radical (unpaired) electrons. The Morgan fingerprint density at radius 3 is 2.24 bits per heavy atom. The maximum Gasteiger partial charge on any atom is 0.243 e. The normalized spacial score (nSPS) is 15.1. The van der Waals surface area contributed by atoms with Crippen LogP contribution in [-0.2, 0) is 24.8 Å². The number of hydrogen-bond acceptors (Lipinski definition) is 8. The predicted octanol–water partition coefficient (Wildman–Crippen LogP) is 3.02. The van der Waals surface area contributed by atoms with Gasteiger partial charge in [0.15, 0.2) is 5.82 Å². The molecule has 3 N–H and O–H groups in total. The summed E-state index contributed by atoms with van der Waals surface area (Å²) in [7, 11) is -7.49. The highest BCUT2D eigenvalue weighted by atomic mass is 32.2. The number of nitrogens with two attached hydrogens (primary N) is 1. The summed E-state index contributed by atoms with van der Waals surface area (Å²) in [6.45, 7) is 3.14. The summed E-state index contributed by atoms with van der Waals surface area (Å²) >= 11 is 0. The first-order chi connectivity index (χ1) is 17.6. The molecular formula is C25H25N5O5S2. The highest BCUT2D eigenvalue weighted by molar-refractivity contribution is 7.89. The molecule has 5 rings (SSSR count). The van der Waals surface area contributed by atoms with Crippen LogP contribution in [0.15, 0.2) is 76.5 Å². The molecule has 1 fully saturated rings. The van der Waals surface area contributed by atoms with Crippen molar-refractivity contribution in [2.45, 2.75) is 16.7 Å². The number of primary sulfonamides is 1. The number of benzene rings is 3. The van der Waals surface area contributed by atoms with E-state index in [0.717, 1.165) is 10.8 Å². The zero-order chi connectivity index (χ0) is 26.2. The third kappa shape index (κ3) is 5.06. The molecule has 0 bridgehead atoms. The SMILES string of the molecule is Cc1ccc(-c2nnc(Nc3ccc(S(N)(=O)=O)cc3)c3ccccc23)cc1S(=O)(=O)N1CCOCC1. The van der Waals surface area contributed by atoms with Crippen LogP contribution in [0.1, 0.15) is 5.56 Å². The molecule has 0 aliphatic carbocycles. The van der Waals surface area contributed by atoms with Gasteiger partial charge < -0.3 is 10.1 Å². The van der Waals surface area contributed by atoms with Gasteiger partial charge in [0.25, 0.3) is 0 Å². The number of morpholine rings is 1. The van der Waals surface area contributed by atoms with Crippen LogP contribution >= 0.6 is 0 Å². The van der Waals surface area contributed by atoms with Crippen molar-refractivity contribution in [2.75, 3.05) is 31.6 Å². The quantitative estimate of drug-likeness (QED) is 0.380. The van der Waals surface area contributed by atoms with Crippen LogP contribution in [0.3, 0.4) is 0 Å². The monoisotopic (exact) mass is 539 g/mol. The van der Waals surface area contributed by atoms with Crippen LogP contribution in [-0.4, -0.2) is 57.6 Å². The Balaban J connectivity index is 1.54. The van der Waals surface area contributed by atoms with E-state index in [2.05, 4.69) is 15.5 Å². The number of aromatic nitrogens is 2.